The van der Waals surface area contributed by atoms with E-state index in [2.05, 4.69) is 10.0 Å². The summed E-state index contributed by atoms with van der Waals surface area (Å²) in [6.07, 6.45) is 7.89. The Balaban J connectivity index is 1.69. The number of sulfonamides is 1. The summed E-state index contributed by atoms with van der Waals surface area (Å²) in [5, 5.41) is 3.10. The molecule has 1 fully saturated rings. The quantitative estimate of drug-likeness (QED) is 0.722. The molecule has 148 valence electrons. The minimum Gasteiger partial charge on any atom is -0.343 e. The second-order valence-corrected chi connectivity index (χ2v) is 8.86. The molecule has 1 aliphatic rings. The van der Waals surface area contributed by atoms with Gasteiger partial charge in [0.1, 0.15) is 5.82 Å². The van der Waals surface area contributed by atoms with E-state index in [0.29, 0.717) is 5.69 Å². The molecule has 0 bridgehead atoms. The first-order chi connectivity index (χ1) is 13.3. The first-order valence-electron chi connectivity index (χ1n) is 9.10. The Morgan fingerprint density at radius 1 is 1.04 bits per heavy atom. The summed E-state index contributed by atoms with van der Waals surface area (Å²) in [5.74, 6) is -0.513. The van der Waals surface area contributed by atoms with Crippen molar-refractivity contribution in [3.63, 3.8) is 0 Å². The molecule has 3 rings (SSSR count). The lowest BCUT2D eigenvalue weighted by molar-refractivity contribution is -0.118. The van der Waals surface area contributed by atoms with E-state index >= 15 is 0 Å². The second-order valence-electron chi connectivity index (χ2n) is 7.11. The number of halogens is 1. The Morgan fingerprint density at radius 2 is 1.64 bits per heavy atom. The Labute approximate surface area is 164 Å². The van der Waals surface area contributed by atoms with Gasteiger partial charge in [-0.15, -0.1) is 0 Å². The summed E-state index contributed by atoms with van der Waals surface area (Å²) in [6, 6.07) is 13.0. The minimum absolute atomic E-state index is 0.218. The molecule has 2 N–H and O–H groups in total. The van der Waals surface area contributed by atoms with Gasteiger partial charge >= 0.3 is 0 Å². The van der Waals surface area contributed by atoms with E-state index in [1.54, 1.807) is 42.5 Å². The van der Waals surface area contributed by atoms with Crippen LogP contribution in [0.5, 0.6) is 0 Å². The van der Waals surface area contributed by atoms with Crippen molar-refractivity contribution < 1.29 is 17.6 Å². The number of hydrogen-bond donors (Lipinski definition) is 2. The fourth-order valence-electron chi connectivity index (χ4n) is 3.56. The van der Waals surface area contributed by atoms with Crippen LogP contribution in [-0.4, -0.2) is 20.6 Å². The van der Waals surface area contributed by atoms with Gasteiger partial charge in [0.2, 0.25) is 15.9 Å². The number of benzene rings is 2. The van der Waals surface area contributed by atoms with Gasteiger partial charge in [-0.2, -0.15) is 0 Å². The van der Waals surface area contributed by atoms with Gasteiger partial charge in [-0.1, -0.05) is 37.1 Å². The van der Waals surface area contributed by atoms with Crippen molar-refractivity contribution in [2.45, 2.75) is 31.2 Å². The van der Waals surface area contributed by atoms with Crippen LogP contribution in [0, 0.1) is 5.82 Å². The van der Waals surface area contributed by atoms with Crippen LogP contribution in [0.25, 0.3) is 6.08 Å². The van der Waals surface area contributed by atoms with Gasteiger partial charge in [0.05, 0.1) is 11.8 Å². The Kier molecular flexibility index (Phi) is 5.84. The normalized spacial score (nSPS) is 16.2. The third kappa shape index (κ3) is 5.19. The molecule has 2 aromatic carbocycles. The van der Waals surface area contributed by atoms with Crippen LogP contribution in [0.1, 0.15) is 36.8 Å². The molecule has 0 spiro atoms. The summed E-state index contributed by atoms with van der Waals surface area (Å²) < 4.78 is 38.1. The number of anilines is 1. The number of carbonyl (C=O) groups is 1. The predicted molar refractivity (Wildman–Crippen MR) is 109 cm³/mol. The number of hydrogen-bond acceptors (Lipinski definition) is 3. The van der Waals surface area contributed by atoms with Crippen LogP contribution in [0.3, 0.4) is 0 Å². The smallest absolute Gasteiger partial charge is 0.244 e. The van der Waals surface area contributed by atoms with Crippen LogP contribution < -0.4 is 10.0 Å². The highest BCUT2D eigenvalue weighted by atomic mass is 32.2. The first kappa shape index (κ1) is 20.1. The molecule has 7 heteroatoms. The molecule has 0 heterocycles. The molecule has 0 atom stereocenters. The summed E-state index contributed by atoms with van der Waals surface area (Å²) in [6.45, 7) is 0. The summed E-state index contributed by atoms with van der Waals surface area (Å²) >= 11 is 0. The Morgan fingerprint density at radius 3 is 2.21 bits per heavy atom. The van der Waals surface area contributed by atoms with Gasteiger partial charge < -0.3 is 5.32 Å². The van der Waals surface area contributed by atoms with Crippen molar-refractivity contribution in [2.75, 3.05) is 11.0 Å². The highest BCUT2D eigenvalue weighted by molar-refractivity contribution is 7.92. The Bertz CT molecular complexity index is 962. The van der Waals surface area contributed by atoms with Crippen LogP contribution >= 0.6 is 0 Å². The lowest BCUT2D eigenvalue weighted by atomic mass is 9.88. The molecule has 2 aromatic rings. The lowest BCUT2D eigenvalue weighted by Crippen LogP contribution is -2.43. The van der Waals surface area contributed by atoms with E-state index < -0.39 is 15.6 Å². The summed E-state index contributed by atoms with van der Waals surface area (Å²) in [7, 11) is -3.32. The van der Waals surface area contributed by atoms with Crippen molar-refractivity contribution in [3.05, 3.63) is 71.6 Å². The molecule has 5 nitrogen and oxygen atoms in total. The molecule has 0 aliphatic heterocycles. The van der Waals surface area contributed by atoms with Crippen molar-refractivity contribution in [1.82, 2.24) is 5.32 Å². The van der Waals surface area contributed by atoms with E-state index in [-0.39, 0.29) is 11.7 Å². The molecule has 1 saturated carbocycles. The minimum atomic E-state index is -3.32. The molecular weight excluding hydrogens is 379 g/mol. The summed E-state index contributed by atoms with van der Waals surface area (Å²) in [5.41, 5.74) is 1.70. The standard InChI is InChI=1S/C21H23FN2O3S/c1-28(26,27)24-19-11-4-16(5-12-19)6-13-20(25)23-21(14-2-3-15-21)17-7-9-18(22)10-8-17/h4-13,24H,2-3,14-15H2,1H3,(H,23,25)/b13-6+. The number of nitrogens with one attached hydrogen (secondary N) is 2. The SMILES string of the molecule is CS(=O)(=O)Nc1ccc(/C=C/C(=O)NC2(c3ccc(F)cc3)CCCC2)cc1. The van der Waals surface area contributed by atoms with Crippen molar-refractivity contribution in [1.29, 1.82) is 0 Å². The number of amides is 1. The predicted octanol–water partition coefficient (Wildman–Crippen LogP) is 3.80. The Hall–Kier alpha value is -2.67. The first-order valence-corrected chi connectivity index (χ1v) is 11.0. The molecule has 1 amide bonds. The monoisotopic (exact) mass is 402 g/mol. The molecule has 0 saturated heterocycles. The molecule has 0 aromatic heterocycles. The van der Waals surface area contributed by atoms with E-state index in [0.717, 1.165) is 43.1 Å². The third-order valence-corrected chi connectivity index (χ3v) is 5.46. The molecule has 1 aliphatic carbocycles. The fourth-order valence-corrected chi connectivity index (χ4v) is 4.12. The number of carbonyl (C=O) groups excluding carboxylic acids is 1. The highest BCUT2D eigenvalue weighted by Crippen LogP contribution is 2.38. The van der Waals surface area contributed by atoms with Gasteiger partial charge in [-0.3, -0.25) is 9.52 Å². The molecular formula is C21H23FN2O3S. The van der Waals surface area contributed by atoms with E-state index in [1.165, 1.54) is 18.2 Å². The average molecular weight is 402 g/mol. The topological polar surface area (TPSA) is 75.3 Å². The zero-order valence-corrected chi connectivity index (χ0v) is 16.4. The zero-order valence-electron chi connectivity index (χ0n) is 15.6. The zero-order chi connectivity index (χ0) is 20.2. The molecule has 0 radical (unpaired) electrons. The largest absolute Gasteiger partial charge is 0.343 e. The maximum absolute atomic E-state index is 13.3. The highest BCUT2D eigenvalue weighted by Gasteiger charge is 2.36. The lowest BCUT2D eigenvalue weighted by Gasteiger charge is -2.30. The van der Waals surface area contributed by atoms with Gasteiger partial charge in [-0.25, -0.2) is 12.8 Å². The fraction of sp³-hybridized carbons (Fsp3) is 0.286. The van der Waals surface area contributed by atoms with Gasteiger partial charge in [0.15, 0.2) is 0 Å². The molecule has 28 heavy (non-hydrogen) atoms. The van der Waals surface area contributed by atoms with Gasteiger partial charge in [0.25, 0.3) is 0 Å². The van der Waals surface area contributed by atoms with Crippen molar-refractivity contribution in [2.24, 2.45) is 0 Å². The second kappa shape index (κ2) is 8.14. The summed E-state index contributed by atoms with van der Waals surface area (Å²) in [4.78, 5) is 12.5. The maximum atomic E-state index is 13.3. The van der Waals surface area contributed by atoms with Crippen molar-refractivity contribution in [3.8, 4) is 0 Å². The third-order valence-electron chi connectivity index (χ3n) is 4.86. The van der Waals surface area contributed by atoms with Crippen LogP contribution in [0.4, 0.5) is 10.1 Å². The average Bonchev–Trinajstić information content (AvgIpc) is 3.10. The molecule has 0 unspecified atom stereocenters. The van der Waals surface area contributed by atoms with Crippen molar-refractivity contribution >= 4 is 27.7 Å². The number of rotatable bonds is 6. The van der Waals surface area contributed by atoms with Crippen LogP contribution in [0.2, 0.25) is 0 Å². The van der Waals surface area contributed by atoms with Crippen LogP contribution in [-0.2, 0) is 20.4 Å². The van der Waals surface area contributed by atoms with Gasteiger partial charge in [0, 0.05) is 11.8 Å². The van der Waals surface area contributed by atoms with E-state index in [4.69, 9.17) is 0 Å². The van der Waals surface area contributed by atoms with E-state index in [1.807, 2.05) is 0 Å². The maximum Gasteiger partial charge on any atom is 0.244 e. The van der Waals surface area contributed by atoms with E-state index in [9.17, 15) is 17.6 Å². The van der Waals surface area contributed by atoms with Crippen LogP contribution in [0.15, 0.2) is 54.6 Å². The van der Waals surface area contributed by atoms with Gasteiger partial charge in [-0.05, 0) is 54.3 Å².